The van der Waals surface area contributed by atoms with Crippen molar-refractivity contribution in [3.05, 3.63) is 101 Å². The van der Waals surface area contributed by atoms with Crippen molar-refractivity contribution < 1.29 is 4.79 Å². The van der Waals surface area contributed by atoms with Crippen LogP contribution in [0, 0.1) is 0 Å². The Morgan fingerprint density at radius 1 is 0.889 bits per heavy atom. The number of benzene rings is 2. The van der Waals surface area contributed by atoms with Gasteiger partial charge < -0.3 is 4.90 Å². The lowest BCUT2D eigenvalue weighted by Gasteiger charge is -2.43. The van der Waals surface area contributed by atoms with Gasteiger partial charge in [-0.25, -0.2) is 9.97 Å². The predicted octanol–water partition coefficient (Wildman–Crippen LogP) is 3.79. The van der Waals surface area contributed by atoms with Gasteiger partial charge >= 0.3 is 0 Å². The molecule has 27 heavy (non-hydrogen) atoms. The van der Waals surface area contributed by atoms with Gasteiger partial charge in [0, 0.05) is 30.1 Å². The molecule has 2 aromatic carbocycles. The third-order valence-corrected chi connectivity index (χ3v) is 6.18. The first-order valence-corrected chi connectivity index (χ1v) is 9.34. The molecule has 4 nitrogen and oxygen atoms in total. The van der Waals surface area contributed by atoms with Gasteiger partial charge in [0.1, 0.15) is 11.9 Å². The normalized spacial score (nSPS) is 22.4. The molecule has 0 saturated carbocycles. The second-order valence-electron chi connectivity index (χ2n) is 7.34. The molecule has 1 amide bonds. The van der Waals surface area contributed by atoms with Crippen LogP contribution in [0.3, 0.4) is 0 Å². The molecule has 1 spiro atoms. The van der Waals surface area contributed by atoms with Crippen LogP contribution in [0.2, 0.25) is 0 Å². The van der Waals surface area contributed by atoms with Gasteiger partial charge in [-0.3, -0.25) is 4.79 Å². The standard InChI is InChI=1S/C23H17N3O/c27-22-17-7-2-4-9-19(17)23-18-8-3-1-6-16(18)21(15-12-24-14-25-13-15)20(23)10-5-11-26(22)23/h1-4,6-9,12-14H,5,10-11H2. The van der Waals surface area contributed by atoms with Crippen LogP contribution in [0.25, 0.3) is 5.57 Å². The smallest absolute Gasteiger partial charge is 0.255 e. The molecule has 6 rings (SSSR count). The van der Waals surface area contributed by atoms with Crippen molar-refractivity contribution >= 4 is 11.5 Å². The van der Waals surface area contributed by atoms with Crippen molar-refractivity contribution in [1.82, 2.24) is 14.9 Å². The van der Waals surface area contributed by atoms with Crippen LogP contribution in [-0.4, -0.2) is 27.3 Å². The zero-order valence-corrected chi connectivity index (χ0v) is 14.7. The van der Waals surface area contributed by atoms with Crippen molar-refractivity contribution in [3.8, 4) is 0 Å². The Bertz CT molecular complexity index is 1140. The minimum absolute atomic E-state index is 0.142. The number of aromatic nitrogens is 2. The molecule has 4 heteroatoms. The number of nitrogens with zero attached hydrogens (tertiary/aromatic N) is 3. The summed E-state index contributed by atoms with van der Waals surface area (Å²) in [4.78, 5) is 23.9. The van der Waals surface area contributed by atoms with E-state index < -0.39 is 5.54 Å². The third kappa shape index (κ3) is 1.66. The van der Waals surface area contributed by atoms with E-state index in [9.17, 15) is 4.79 Å². The summed E-state index contributed by atoms with van der Waals surface area (Å²) in [6.45, 7) is 0.782. The van der Waals surface area contributed by atoms with E-state index in [0.29, 0.717) is 0 Å². The average Bonchev–Trinajstić information content (AvgIpc) is 3.18. The van der Waals surface area contributed by atoms with Gasteiger partial charge in [-0.2, -0.15) is 0 Å². The van der Waals surface area contributed by atoms with E-state index >= 15 is 0 Å². The lowest BCUT2D eigenvalue weighted by Crippen LogP contribution is -2.48. The molecular weight excluding hydrogens is 334 g/mol. The van der Waals surface area contributed by atoms with Crippen LogP contribution in [-0.2, 0) is 5.54 Å². The Morgan fingerprint density at radius 3 is 2.33 bits per heavy atom. The highest BCUT2D eigenvalue weighted by Crippen LogP contribution is 2.60. The molecule has 1 aromatic heterocycles. The lowest BCUT2D eigenvalue weighted by atomic mass is 9.76. The molecule has 1 saturated heterocycles. The summed E-state index contributed by atoms with van der Waals surface area (Å²) in [5.41, 5.74) is 7.39. The molecular formula is C23H17N3O. The van der Waals surface area contributed by atoms with Crippen molar-refractivity contribution in [3.63, 3.8) is 0 Å². The van der Waals surface area contributed by atoms with E-state index in [1.54, 1.807) is 6.33 Å². The summed E-state index contributed by atoms with van der Waals surface area (Å²) in [5.74, 6) is 0.142. The van der Waals surface area contributed by atoms with Crippen molar-refractivity contribution in [2.24, 2.45) is 0 Å². The number of fused-ring (bicyclic) bond motifs is 2. The Morgan fingerprint density at radius 2 is 1.56 bits per heavy atom. The number of hydrogen-bond donors (Lipinski definition) is 0. The second kappa shape index (κ2) is 5.13. The summed E-state index contributed by atoms with van der Waals surface area (Å²) >= 11 is 0. The van der Waals surface area contributed by atoms with E-state index in [4.69, 9.17) is 0 Å². The fourth-order valence-corrected chi connectivity index (χ4v) is 5.31. The van der Waals surface area contributed by atoms with Gasteiger partial charge in [-0.15, -0.1) is 0 Å². The molecule has 0 radical (unpaired) electrons. The number of carbonyl (C=O) groups is 1. The molecule has 3 aromatic rings. The molecule has 130 valence electrons. The summed E-state index contributed by atoms with van der Waals surface area (Å²) < 4.78 is 0. The second-order valence-corrected chi connectivity index (χ2v) is 7.34. The van der Waals surface area contributed by atoms with E-state index in [0.717, 1.165) is 36.1 Å². The Balaban J connectivity index is 1.77. The van der Waals surface area contributed by atoms with Crippen LogP contribution in [0.1, 0.15) is 45.5 Å². The molecule has 2 aliphatic heterocycles. The van der Waals surface area contributed by atoms with E-state index in [1.165, 1.54) is 22.3 Å². The maximum atomic E-state index is 13.3. The molecule has 1 atom stereocenters. The van der Waals surface area contributed by atoms with E-state index in [1.807, 2.05) is 30.6 Å². The highest BCUT2D eigenvalue weighted by atomic mass is 16.2. The Hall–Kier alpha value is -3.27. The summed E-state index contributed by atoms with van der Waals surface area (Å²) in [6, 6.07) is 16.6. The van der Waals surface area contributed by atoms with Crippen LogP contribution in [0.5, 0.6) is 0 Å². The predicted molar refractivity (Wildman–Crippen MR) is 102 cm³/mol. The first kappa shape index (κ1) is 14.9. The largest absolute Gasteiger partial charge is 0.321 e. The molecule has 0 N–H and O–H groups in total. The van der Waals surface area contributed by atoms with Gasteiger partial charge in [0.25, 0.3) is 5.91 Å². The zero-order valence-electron chi connectivity index (χ0n) is 14.7. The maximum absolute atomic E-state index is 13.3. The van der Waals surface area contributed by atoms with Crippen LogP contribution in [0.15, 0.2) is 72.8 Å². The highest BCUT2D eigenvalue weighted by molar-refractivity contribution is 6.05. The summed E-state index contributed by atoms with van der Waals surface area (Å²) in [7, 11) is 0. The van der Waals surface area contributed by atoms with Crippen molar-refractivity contribution in [2.75, 3.05) is 6.54 Å². The average molecular weight is 351 g/mol. The van der Waals surface area contributed by atoms with Gasteiger partial charge in [-0.1, -0.05) is 42.5 Å². The highest BCUT2D eigenvalue weighted by Gasteiger charge is 2.58. The van der Waals surface area contributed by atoms with Crippen LogP contribution < -0.4 is 0 Å². The van der Waals surface area contributed by atoms with Gasteiger partial charge in [0.05, 0.1) is 0 Å². The fraction of sp³-hybridized carbons (Fsp3) is 0.174. The molecule has 3 heterocycles. The SMILES string of the molecule is O=C1c2ccccc2C23C(=C(c4cncnc4)c4ccccc42)CCCN13. The van der Waals surface area contributed by atoms with Gasteiger partial charge in [0.2, 0.25) is 0 Å². The van der Waals surface area contributed by atoms with E-state index in [2.05, 4.69) is 45.2 Å². The van der Waals surface area contributed by atoms with Crippen LogP contribution >= 0.6 is 0 Å². The zero-order chi connectivity index (χ0) is 18.0. The first-order chi connectivity index (χ1) is 13.3. The van der Waals surface area contributed by atoms with E-state index in [-0.39, 0.29) is 5.91 Å². The summed E-state index contributed by atoms with van der Waals surface area (Å²) in [5, 5.41) is 0. The first-order valence-electron chi connectivity index (χ1n) is 9.34. The quantitative estimate of drug-likeness (QED) is 0.670. The molecule has 0 bridgehead atoms. The minimum Gasteiger partial charge on any atom is -0.321 e. The number of hydrogen-bond acceptors (Lipinski definition) is 3. The fourth-order valence-electron chi connectivity index (χ4n) is 5.31. The number of carbonyl (C=O) groups excluding carboxylic acids is 1. The molecule has 1 unspecified atom stereocenters. The Labute approximate surface area is 157 Å². The molecule has 3 aliphatic rings. The molecule has 1 aliphatic carbocycles. The number of amides is 1. The summed E-state index contributed by atoms with van der Waals surface area (Å²) in [6.07, 6.45) is 7.27. The van der Waals surface area contributed by atoms with Gasteiger partial charge in [-0.05, 0) is 46.7 Å². The topological polar surface area (TPSA) is 46.1 Å². The van der Waals surface area contributed by atoms with Crippen molar-refractivity contribution in [1.29, 1.82) is 0 Å². The Kier molecular flexibility index (Phi) is 2.82. The maximum Gasteiger partial charge on any atom is 0.255 e. The van der Waals surface area contributed by atoms with Crippen molar-refractivity contribution in [2.45, 2.75) is 18.4 Å². The lowest BCUT2D eigenvalue weighted by molar-refractivity contribution is 0.0634. The number of rotatable bonds is 1. The van der Waals surface area contributed by atoms with Crippen LogP contribution in [0.4, 0.5) is 0 Å². The third-order valence-electron chi connectivity index (χ3n) is 6.18. The van der Waals surface area contributed by atoms with Gasteiger partial charge in [0.15, 0.2) is 0 Å². The minimum atomic E-state index is -0.478. The molecule has 1 fully saturated rings. The number of piperidine rings is 1. The monoisotopic (exact) mass is 351 g/mol.